The molecule has 2 amide bonds. The maximum atomic E-state index is 12.8. The summed E-state index contributed by atoms with van der Waals surface area (Å²) in [6.45, 7) is 1.88. The number of hydrogen-bond acceptors (Lipinski definition) is 5. The third-order valence-corrected chi connectivity index (χ3v) is 4.24. The Labute approximate surface area is 146 Å². The van der Waals surface area contributed by atoms with Gasteiger partial charge in [-0.15, -0.1) is 0 Å². The molecule has 6 heteroatoms. The standard InChI is InChI=1S/C19H20N2O4/c1-12-6-4-5-7-16(12)21-18(22)11-15(19(21)23)20-14-9-8-13(24-2)10-17(14)25-3/h4-10,15,20H,11H2,1-3H3/t15-/m1/s1. The third kappa shape index (κ3) is 3.15. The summed E-state index contributed by atoms with van der Waals surface area (Å²) in [5.74, 6) is 0.716. The van der Waals surface area contributed by atoms with E-state index in [1.165, 1.54) is 4.90 Å². The van der Waals surface area contributed by atoms with Crippen LogP contribution in [0.15, 0.2) is 42.5 Å². The van der Waals surface area contributed by atoms with Crippen LogP contribution in [0.5, 0.6) is 11.5 Å². The van der Waals surface area contributed by atoms with Crippen LogP contribution in [0.1, 0.15) is 12.0 Å². The first-order valence-corrected chi connectivity index (χ1v) is 7.96. The number of benzene rings is 2. The molecule has 1 fully saturated rings. The second-order valence-corrected chi connectivity index (χ2v) is 5.82. The smallest absolute Gasteiger partial charge is 0.256 e. The lowest BCUT2D eigenvalue weighted by Gasteiger charge is -2.19. The lowest BCUT2D eigenvalue weighted by molar-refractivity contribution is -0.121. The molecule has 6 nitrogen and oxygen atoms in total. The number of para-hydroxylation sites is 1. The molecule has 0 spiro atoms. The third-order valence-electron chi connectivity index (χ3n) is 4.24. The van der Waals surface area contributed by atoms with E-state index in [4.69, 9.17) is 9.47 Å². The second kappa shape index (κ2) is 6.84. The average molecular weight is 340 g/mol. The first kappa shape index (κ1) is 16.8. The molecule has 1 aliphatic heterocycles. The first-order chi connectivity index (χ1) is 12.0. The van der Waals surface area contributed by atoms with Crippen LogP contribution < -0.4 is 19.7 Å². The monoisotopic (exact) mass is 340 g/mol. The lowest BCUT2D eigenvalue weighted by Crippen LogP contribution is -2.35. The number of carbonyl (C=O) groups is 2. The molecule has 130 valence electrons. The minimum Gasteiger partial charge on any atom is -0.497 e. The van der Waals surface area contributed by atoms with E-state index in [1.807, 2.05) is 25.1 Å². The molecule has 2 aromatic rings. The molecule has 0 radical (unpaired) electrons. The van der Waals surface area contributed by atoms with Crippen LogP contribution in [0.3, 0.4) is 0 Å². The summed E-state index contributed by atoms with van der Waals surface area (Å²) in [4.78, 5) is 26.4. The molecule has 1 heterocycles. The van der Waals surface area contributed by atoms with Crippen LogP contribution in [0, 0.1) is 6.92 Å². The number of aryl methyl sites for hydroxylation is 1. The summed E-state index contributed by atoms with van der Waals surface area (Å²) in [6.07, 6.45) is 0.0996. The molecule has 1 N–H and O–H groups in total. The number of methoxy groups -OCH3 is 2. The average Bonchev–Trinajstić information content (AvgIpc) is 2.89. The topological polar surface area (TPSA) is 67.9 Å². The van der Waals surface area contributed by atoms with Gasteiger partial charge in [-0.05, 0) is 30.7 Å². The number of hydrogen-bond donors (Lipinski definition) is 1. The van der Waals surface area contributed by atoms with E-state index in [1.54, 1.807) is 38.5 Å². The van der Waals surface area contributed by atoms with Gasteiger partial charge in [-0.25, -0.2) is 4.90 Å². The number of ether oxygens (including phenoxy) is 2. The molecular formula is C19H20N2O4. The Bertz CT molecular complexity index is 819. The van der Waals surface area contributed by atoms with Crippen LogP contribution in [0.4, 0.5) is 11.4 Å². The number of amides is 2. The maximum absolute atomic E-state index is 12.8. The van der Waals surface area contributed by atoms with Gasteiger partial charge in [0.05, 0.1) is 32.0 Å². The largest absolute Gasteiger partial charge is 0.497 e. The maximum Gasteiger partial charge on any atom is 0.256 e. The zero-order valence-electron chi connectivity index (χ0n) is 14.4. The van der Waals surface area contributed by atoms with Crippen LogP contribution in [-0.4, -0.2) is 32.1 Å². The van der Waals surface area contributed by atoms with Gasteiger partial charge >= 0.3 is 0 Å². The summed E-state index contributed by atoms with van der Waals surface area (Å²) in [5.41, 5.74) is 2.15. The summed E-state index contributed by atoms with van der Waals surface area (Å²) in [6, 6.07) is 12.0. The fourth-order valence-electron chi connectivity index (χ4n) is 2.92. The van der Waals surface area contributed by atoms with Crippen molar-refractivity contribution in [3.05, 3.63) is 48.0 Å². The zero-order chi connectivity index (χ0) is 18.0. The Kier molecular flexibility index (Phi) is 4.61. The van der Waals surface area contributed by atoms with Crippen molar-refractivity contribution in [2.24, 2.45) is 0 Å². The molecule has 0 aromatic heterocycles. The lowest BCUT2D eigenvalue weighted by atomic mass is 10.2. The molecule has 0 saturated carbocycles. The van der Waals surface area contributed by atoms with E-state index in [0.717, 1.165) is 5.56 Å². The van der Waals surface area contributed by atoms with Crippen molar-refractivity contribution < 1.29 is 19.1 Å². The van der Waals surface area contributed by atoms with Crippen LogP contribution in [-0.2, 0) is 9.59 Å². The van der Waals surface area contributed by atoms with Gasteiger partial charge in [0.25, 0.3) is 5.91 Å². The predicted octanol–water partition coefficient (Wildman–Crippen LogP) is 2.76. The molecule has 0 bridgehead atoms. The highest BCUT2D eigenvalue weighted by molar-refractivity contribution is 6.23. The molecular weight excluding hydrogens is 320 g/mol. The molecule has 0 unspecified atom stereocenters. The Morgan fingerprint density at radius 2 is 1.84 bits per heavy atom. The summed E-state index contributed by atoms with van der Waals surface area (Å²) < 4.78 is 10.5. The van der Waals surface area contributed by atoms with Crippen LogP contribution >= 0.6 is 0 Å². The van der Waals surface area contributed by atoms with Crippen molar-refractivity contribution >= 4 is 23.2 Å². The number of nitrogens with one attached hydrogen (secondary N) is 1. The van der Waals surface area contributed by atoms with Gasteiger partial charge in [-0.3, -0.25) is 9.59 Å². The Hall–Kier alpha value is -3.02. The van der Waals surface area contributed by atoms with E-state index in [9.17, 15) is 9.59 Å². The number of nitrogens with zero attached hydrogens (tertiary/aromatic N) is 1. The highest BCUT2D eigenvalue weighted by Gasteiger charge is 2.40. The van der Waals surface area contributed by atoms with Gasteiger partial charge < -0.3 is 14.8 Å². The number of anilines is 2. The van der Waals surface area contributed by atoms with Crippen molar-refractivity contribution in [1.82, 2.24) is 0 Å². The Balaban J connectivity index is 1.85. The van der Waals surface area contributed by atoms with Gasteiger partial charge in [-0.2, -0.15) is 0 Å². The summed E-state index contributed by atoms with van der Waals surface area (Å²) in [5, 5.41) is 3.12. The fraction of sp³-hybridized carbons (Fsp3) is 0.263. The van der Waals surface area contributed by atoms with E-state index in [0.29, 0.717) is 22.9 Å². The minimum absolute atomic E-state index is 0.0996. The quantitative estimate of drug-likeness (QED) is 0.848. The minimum atomic E-state index is -0.630. The van der Waals surface area contributed by atoms with E-state index < -0.39 is 6.04 Å². The number of carbonyl (C=O) groups excluding carboxylic acids is 2. The van der Waals surface area contributed by atoms with Crippen LogP contribution in [0.25, 0.3) is 0 Å². The summed E-state index contributed by atoms with van der Waals surface area (Å²) in [7, 11) is 3.11. The van der Waals surface area contributed by atoms with E-state index >= 15 is 0 Å². The van der Waals surface area contributed by atoms with Gasteiger partial charge in [0.1, 0.15) is 17.5 Å². The second-order valence-electron chi connectivity index (χ2n) is 5.82. The zero-order valence-corrected chi connectivity index (χ0v) is 14.4. The number of rotatable bonds is 5. The van der Waals surface area contributed by atoms with Gasteiger partial charge in [0.2, 0.25) is 5.91 Å². The Morgan fingerprint density at radius 1 is 1.08 bits per heavy atom. The highest BCUT2D eigenvalue weighted by Crippen LogP contribution is 2.32. The molecule has 2 aromatic carbocycles. The normalized spacial score (nSPS) is 16.9. The highest BCUT2D eigenvalue weighted by atomic mass is 16.5. The van der Waals surface area contributed by atoms with Crippen LogP contribution in [0.2, 0.25) is 0 Å². The molecule has 3 rings (SSSR count). The SMILES string of the molecule is COc1ccc(N[C@@H]2CC(=O)N(c3ccccc3C)C2=O)c(OC)c1. The molecule has 1 saturated heterocycles. The van der Waals surface area contributed by atoms with E-state index in [-0.39, 0.29) is 18.2 Å². The first-order valence-electron chi connectivity index (χ1n) is 7.96. The van der Waals surface area contributed by atoms with E-state index in [2.05, 4.69) is 5.32 Å². The molecule has 0 aliphatic carbocycles. The van der Waals surface area contributed by atoms with Gasteiger partial charge in [0.15, 0.2) is 0 Å². The summed E-state index contributed by atoms with van der Waals surface area (Å²) >= 11 is 0. The van der Waals surface area contributed by atoms with Crippen molar-refractivity contribution in [1.29, 1.82) is 0 Å². The van der Waals surface area contributed by atoms with Gasteiger partial charge in [-0.1, -0.05) is 18.2 Å². The predicted molar refractivity (Wildman–Crippen MR) is 95.2 cm³/mol. The van der Waals surface area contributed by atoms with Crippen molar-refractivity contribution in [3.8, 4) is 11.5 Å². The molecule has 1 aliphatic rings. The van der Waals surface area contributed by atoms with Crippen molar-refractivity contribution in [2.45, 2.75) is 19.4 Å². The number of imide groups is 1. The van der Waals surface area contributed by atoms with Crippen molar-refractivity contribution in [2.75, 3.05) is 24.4 Å². The van der Waals surface area contributed by atoms with Crippen molar-refractivity contribution in [3.63, 3.8) is 0 Å². The molecule has 25 heavy (non-hydrogen) atoms. The fourth-order valence-corrected chi connectivity index (χ4v) is 2.92. The van der Waals surface area contributed by atoms with Gasteiger partial charge in [0, 0.05) is 6.07 Å². The molecule has 1 atom stereocenters. The Morgan fingerprint density at radius 3 is 2.52 bits per heavy atom.